The molecule has 14 heavy (non-hydrogen) atoms. The van der Waals surface area contributed by atoms with Crippen LogP contribution < -0.4 is 5.73 Å². The lowest BCUT2D eigenvalue weighted by atomic mass is 10.1. The lowest BCUT2D eigenvalue weighted by molar-refractivity contribution is 0.0999. The summed E-state index contributed by atoms with van der Waals surface area (Å²) >= 11 is 3.34. The normalized spacial score (nSPS) is 10.1. The van der Waals surface area contributed by atoms with Crippen molar-refractivity contribution in [2.24, 2.45) is 5.73 Å². The molecule has 1 aromatic carbocycles. The lowest BCUT2D eigenvalue weighted by Crippen LogP contribution is -2.11. The molecule has 0 atom stereocenters. The fourth-order valence-corrected chi connectivity index (χ4v) is 1.92. The molecule has 0 aliphatic rings. The summed E-state index contributed by atoms with van der Waals surface area (Å²) in [6.45, 7) is 2.16. The average molecular weight is 256 g/mol. The number of aryl methyl sites for hydroxylation is 1. The topological polar surface area (TPSA) is 43.1 Å². The molecule has 2 N–H and O–H groups in total. The van der Waals surface area contributed by atoms with E-state index in [9.17, 15) is 4.79 Å². The molecule has 3 heteroatoms. The van der Waals surface area contributed by atoms with E-state index in [-0.39, 0.29) is 5.91 Å². The second kappa shape index (κ2) is 5.15. The van der Waals surface area contributed by atoms with E-state index >= 15 is 0 Å². The van der Waals surface area contributed by atoms with Gasteiger partial charge in [0.2, 0.25) is 5.91 Å². The van der Waals surface area contributed by atoms with Gasteiger partial charge in [0.1, 0.15) is 0 Å². The summed E-state index contributed by atoms with van der Waals surface area (Å²) in [5, 5.41) is 0. The van der Waals surface area contributed by atoms with E-state index in [1.165, 1.54) is 18.4 Å². The van der Waals surface area contributed by atoms with Crippen LogP contribution in [-0.2, 0) is 6.42 Å². The molecule has 0 saturated carbocycles. The van der Waals surface area contributed by atoms with Crippen LogP contribution in [0, 0.1) is 0 Å². The van der Waals surface area contributed by atoms with E-state index in [1.54, 1.807) is 6.07 Å². The zero-order chi connectivity index (χ0) is 10.6. The fourth-order valence-electron chi connectivity index (χ4n) is 1.29. The van der Waals surface area contributed by atoms with Crippen LogP contribution >= 0.6 is 15.9 Å². The molecular formula is C11H14BrNO. The van der Waals surface area contributed by atoms with Crippen molar-refractivity contribution in [3.63, 3.8) is 0 Å². The Hall–Kier alpha value is -0.830. The van der Waals surface area contributed by atoms with Gasteiger partial charge in [-0.3, -0.25) is 4.79 Å². The van der Waals surface area contributed by atoms with E-state index in [0.717, 1.165) is 10.9 Å². The zero-order valence-corrected chi connectivity index (χ0v) is 9.80. The van der Waals surface area contributed by atoms with Gasteiger partial charge in [-0.2, -0.15) is 0 Å². The summed E-state index contributed by atoms with van der Waals surface area (Å²) in [7, 11) is 0. The minimum atomic E-state index is -0.390. The molecule has 1 aromatic rings. The third-order valence-corrected chi connectivity index (χ3v) is 2.77. The van der Waals surface area contributed by atoms with Crippen molar-refractivity contribution < 1.29 is 4.79 Å². The molecule has 0 saturated heterocycles. The molecule has 0 fully saturated rings. The summed E-state index contributed by atoms with van der Waals surface area (Å²) in [6.07, 6.45) is 3.39. The Morgan fingerprint density at radius 3 is 2.71 bits per heavy atom. The molecule has 0 spiro atoms. The number of amides is 1. The van der Waals surface area contributed by atoms with Gasteiger partial charge in [0.05, 0.1) is 5.56 Å². The first kappa shape index (κ1) is 11.2. The number of primary amides is 1. The highest BCUT2D eigenvalue weighted by molar-refractivity contribution is 9.10. The first-order valence-corrected chi connectivity index (χ1v) is 5.52. The summed E-state index contributed by atoms with van der Waals surface area (Å²) in [6, 6.07) is 5.70. The Labute approximate surface area is 92.6 Å². The van der Waals surface area contributed by atoms with E-state index in [2.05, 4.69) is 22.9 Å². The zero-order valence-electron chi connectivity index (χ0n) is 8.22. The molecule has 1 amide bonds. The Balaban J connectivity index is 2.83. The molecule has 0 aliphatic heterocycles. The van der Waals surface area contributed by atoms with Gasteiger partial charge in [0.25, 0.3) is 0 Å². The quantitative estimate of drug-likeness (QED) is 0.884. The molecule has 2 nitrogen and oxygen atoms in total. The summed E-state index contributed by atoms with van der Waals surface area (Å²) in [4.78, 5) is 10.9. The maximum absolute atomic E-state index is 10.9. The number of carbonyl (C=O) groups excluding carboxylic acids is 1. The highest BCUT2D eigenvalue weighted by Crippen LogP contribution is 2.19. The second-order valence-electron chi connectivity index (χ2n) is 3.28. The van der Waals surface area contributed by atoms with Crippen LogP contribution in [0.25, 0.3) is 0 Å². The smallest absolute Gasteiger partial charge is 0.249 e. The minimum absolute atomic E-state index is 0.390. The molecular weight excluding hydrogens is 242 g/mol. The molecule has 76 valence electrons. The summed E-state index contributed by atoms with van der Waals surface area (Å²) in [5.41, 5.74) is 6.98. The summed E-state index contributed by atoms with van der Waals surface area (Å²) < 4.78 is 0.790. The molecule has 0 bridgehead atoms. The molecule has 0 aliphatic carbocycles. The highest BCUT2D eigenvalue weighted by Gasteiger charge is 2.05. The van der Waals surface area contributed by atoms with Crippen LogP contribution in [0.2, 0.25) is 0 Å². The monoisotopic (exact) mass is 255 g/mol. The Bertz CT molecular complexity index is 336. The van der Waals surface area contributed by atoms with E-state index in [1.807, 2.05) is 12.1 Å². The maximum Gasteiger partial charge on any atom is 0.249 e. The van der Waals surface area contributed by atoms with Crippen molar-refractivity contribution in [1.29, 1.82) is 0 Å². The predicted molar refractivity (Wildman–Crippen MR) is 61.3 cm³/mol. The van der Waals surface area contributed by atoms with Crippen LogP contribution in [0.3, 0.4) is 0 Å². The van der Waals surface area contributed by atoms with Gasteiger partial charge in [-0.05, 0) is 46.5 Å². The van der Waals surface area contributed by atoms with E-state index in [4.69, 9.17) is 5.73 Å². The van der Waals surface area contributed by atoms with Gasteiger partial charge in [-0.1, -0.05) is 19.4 Å². The SMILES string of the molecule is CCCCc1ccc(C(N)=O)c(Br)c1. The average Bonchev–Trinajstić information content (AvgIpc) is 2.14. The first-order valence-electron chi connectivity index (χ1n) is 4.73. The molecule has 1 rings (SSSR count). The molecule has 0 aromatic heterocycles. The number of hydrogen-bond acceptors (Lipinski definition) is 1. The lowest BCUT2D eigenvalue weighted by Gasteiger charge is -2.03. The van der Waals surface area contributed by atoms with Crippen molar-refractivity contribution in [2.75, 3.05) is 0 Å². The predicted octanol–water partition coefficient (Wildman–Crippen LogP) is 2.89. The van der Waals surface area contributed by atoms with Crippen molar-refractivity contribution in [2.45, 2.75) is 26.2 Å². The Morgan fingerprint density at radius 1 is 1.50 bits per heavy atom. The Kier molecular flexibility index (Phi) is 4.14. The molecule has 0 radical (unpaired) electrons. The van der Waals surface area contributed by atoms with Gasteiger partial charge in [-0.25, -0.2) is 0 Å². The van der Waals surface area contributed by atoms with Crippen molar-refractivity contribution >= 4 is 21.8 Å². The van der Waals surface area contributed by atoms with Gasteiger partial charge in [0, 0.05) is 4.47 Å². The number of halogens is 1. The number of unbranched alkanes of at least 4 members (excludes halogenated alkanes) is 1. The van der Waals surface area contributed by atoms with Crippen LogP contribution in [0.1, 0.15) is 35.7 Å². The van der Waals surface area contributed by atoms with Crippen molar-refractivity contribution in [1.82, 2.24) is 0 Å². The van der Waals surface area contributed by atoms with Gasteiger partial charge >= 0.3 is 0 Å². The third kappa shape index (κ3) is 2.84. The van der Waals surface area contributed by atoms with Crippen LogP contribution in [-0.4, -0.2) is 5.91 Å². The number of carbonyl (C=O) groups is 1. The van der Waals surface area contributed by atoms with Crippen LogP contribution in [0.5, 0.6) is 0 Å². The van der Waals surface area contributed by atoms with Crippen LogP contribution in [0.15, 0.2) is 22.7 Å². The number of benzene rings is 1. The summed E-state index contributed by atoms with van der Waals surface area (Å²) in [5.74, 6) is -0.390. The molecule has 0 heterocycles. The van der Waals surface area contributed by atoms with Gasteiger partial charge in [0.15, 0.2) is 0 Å². The number of nitrogens with two attached hydrogens (primary N) is 1. The highest BCUT2D eigenvalue weighted by atomic mass is 79.9. The minimum Gasteiger partial charge on any atom is -0.366 e. The standard InChI is InChI=1S/C11H14BrNO/c1-2-3-4-8-5-6-9(11(13)14)10(12)7-8/h5-7H,2-4H2,1H3,(H2,13,14). The van der Waals surface area contributed by atoms with Crippen molar-refractivity contribution in [3.8, 4) is 0 Å². The third-order valence-electron chi connectivity index (χ3n) is 2.12. The molecule has 0 unspecified atom stereocenters. The number of rotatable bonds is 4. The maximum atomic E-state index is 10.9. The van der Waals surface area contributed by atoms with Crippen molar-refractivity contribution in [3.05, 3.63) is 33.8 Å². The Morgan fingerprint density at radius 2 is 2.21 bits per heavy atom. The fraction of sp³-hybridized carbons (Fsp3) is 0.364. The van der Waals surface area contributed by atoms with Crippen LogP contribution in [0.4, 0.5) is 0 Å². The second-order valence-corrected chi connectivity index (χ2v) is 4.14. The van der Waals surface area contributed by atoms with Gasteiger partial charge in [-0.15, -0.1) is 0 Å². The van der Waals surface area contributed by atoms with Gasteiger partial charge < -0.3 is 5.73 Å². The van der Waals surface area contributed by atoms with E-state index < -0.39 is 0 Å². The van der Waals surface area contributed by atoms with E-state index in [0.29, 0.717) is 5.56 Å². The number of hydrogen-bond donors (Lipinski definition) is 1. The first-order chi connectivity index (χ1) is 6.65. The largest absolute Gasteiger partial charge is 0.366 e.